The summed E-state index contributed by atoms with van der Waals surface area (Å²) >= 11 is 1.45. The number of nitrogens with zero attached hydrogens (tertiary/aromatic N) is 2. The van der Waals surface area contributed by atoms with Gasteiger partial charge in [0.05, 0.1) is 11.4 Å². The minimum absolute atomic E-state index is 0.0329. The second-order valence-corrected chi connectivity index (χ2v) is 6.32. The molecule has 0 aliphatic rings. The Hall–Kier alpha value is -1.75. The van der Waals surface area contributed by atoms with Gasteiger partial charge in [0.1, 0.15) is 0 Å². The summed E-state index contributed by atoms with van der Waals surface area (Å²) in [7, 11) is 0. The van der Waals surface area contributed by atoms with Gasteiger partial charge < -0.3 is 5.32 Å². The molecule has 2 rings (SSSR count). The zero-order valence-corrected chi connectivity index (χ0v) is 13.7. The van der Waals surface area contributed by atoms with E-state index in [0.717, 1.165) is 10.8 Å². The number of carbonyl (C=O) groups excluding carboxylic acids is 1. The molecule has 0 radical (unpaired) electrons. The summed E-state index contributed by atoms with van der Waals surface area (Å²) in [6, 6.07) is 6.50. The predicted octanol–water partition coefficient (Wildman–Crippen LogP) is 3.11. The van der Waals surface area contributed by atoms with Gasteiger partial charge in [0.15, 0.2) is 5.16 Å². The highest BCUT2D eigenvalue weighted by molar-refractivity contribution is 7.99. The van der Waals surface area contributed by atoms with Gasteiger partial charge >= 0.3 is 0 Å². The number of nitrogens with one attached hydrogen (secondary N) is 1. The van der Waals surface area contributed by atoms with Crippen molar-refractivity contribution < 1.29 is 4.79 Å². The highest BCUT2D eigenvalue weighted by Crippen LogP contribution is 2.23. The zero-order chi connectivity index (χ0) is 15.4. The summed E-state index contributed by atoms with van der Waals surface area (Å²) in [4.78, 5) is 16.1. The highest BCUT2D eigenvalue weighted by atomic mass is 32.2. The van der Waals surface area contributed by atoms with E-state index in [2.05, 4.69) is 42.3 Å². The third kappa shape index (κ3) is 4.11. The van der Waals surface area contributed by atoms with Gasteiger partial charge in [-0.15, -0.1) is 0 Å². The molecule has 0 fully saturated rings. The third-order valence-corrected chi connectivity index (χ3v) is 3.98. The van der Waals surface area contributed by atoms with Crippen LogP contribution in [0.4, 0.5) is 0 Å². The third-order valence-electron chi connectivity index (χ3n) is 3.01. The lowest BCUT2D eigenvalue weighted by Crippen LogP contribution is -2.31. The Labute approximate surface area is 130 Å². The summed E-state index contributed by atoms with van der Waals surface area (Å²) in [6.45, 7) is 8.07. The molecule has 112 valence electrons. The first kappa shape index (κ1) is 15.6. The van der Waals surface area contributed by atoms with Gasteiger partial charge in [-0.1, -0.05) is 23.9 Å². The number of thioether (sulfide) groups is 1. The van der Waals surface area contributed by atoms with E-state index >= 15 is 0 Å². The zero-order valence-electron chi connectivity index (χ0n) is 12.9. The van der Waals surface area contributed by atoms with Crippen LogP contribution in [0.1, 0.15) is 25.0 Å². The molecule has 21 heavy (non-hydrogen) atoms. The van der Waals surface area contributed by atoms with E-state index in [4.69, 9.17) is 0 Å². The van der Waals surface area contributed by atoms with Gasteiger partial charge in [0.25, 0.3) is 0 Å². The van der Waals surface area contributed by atoms with Gasteiger partial charge in [0.2, 0.25) is 5.91 Å². The predicted molar refractivity (Wildman–Crippen MR) is 87.0 cm³/mol. The molecule has 0 atom stereocenters. The van der Waals surface area contributed by atoms with Crippen LogP contribution in [0.25, 0.3) is 5.69 Å². The second kappa shape index (κ2) is 6.80. The van der Waals surface area contributed by atoms with Crippen molar-refractivity contribution >= 4 is 17.7 Å². The molecular formula is C16H21N3OS. The maximum atomic E-state index is 11.7. The molecule has 1 amide bonds. The lowest BCUT2D eigenvalue weighted by molar-refractivity contribution is -0.119. The van der Waals surface area contributed by atoms with Crippen LogP contribution in [0.2, 0.25) is 0 Å². The van der Waals surface area contributed by atoms with Crippen molar-refractivity contribution in [3.63, 3.8) is 0 Å². The molecule has 0 saturated heterocycles. The van der Waals surface area contributed by atoms with E-state index < -0.39 is 0 Å². The molecule has 0 unspecified atom stereocenters. The molecule has 0 bridgehead atoms. The number of rotatable bonds is 5. The van der Waals surface area contributed by atoms with Crippen LogP contribution >= 0.6 is 11.8 Å². The van der Waals surface area contributed by atoms with Crippen molar-refractivity contribution in [2.75, 3.05) is 5.75 Å². The van der Waals surface area contributed by atoms with E-state index in [-0.39, 0.29) is 11.9 Å². The molecule has 1 aromatic carbocycles. The van der Waals surface area contributed by atoms with Gasteiger partial charge in [0, 0.05) is 18.4 Å². The fourth-order valence-electron chi connectivity index (χ4n) is 2.05. The monoisotopic (exact) mass is 303 g/mol. The summed E-state index contributed by atoms with van der Waals surface area (Å²) in [6.07, 6.45) is 3.70. The number of amides is 1. The first-order chi connectivity index (χ1) is 9.97. The standard InChI is InChI=1S/C16H21N3OS/c1-11(2)18-15(20)10-21-16-17-7-8-19(16)14-9-12(3)5-6-13(14)4/h5-9,11H,10H2,1-4H3,(H,18,20). The van der Waals surface area contributed by atoms with E-state index in [1.165, 1.54) is 22.9 Å². The summed E-state index contributed by atoms with van der Waals surface area (Å²) in [5, 5.41) is 3.72. The van der Waals surface area contributed by atoms with E-state index in [0.29, 0.717) is 5.75 Å². The van der Waals surface area contributed by atoms with Crippen LogP contribution in [-0.2, 0) is 4.79 Å². The molecule has 0 saturated carbocycles. The number of aryl methyl sites for hydroxylation is 2. The van der Waals surface area contributed by atoms with Crippen LogP contribution in [-0.4, -0.2) is 27.3 Å². The van der Waals surface area contributed by atoms with Crippen molar-refractivity contribution in [2.45, 2.75) is 38.9 Å². The maximum absolute atomic E-state index is 11.7. The molecular weight excluding hydrogens is 282 g/mol. The minimum atomic E-state index is 0.0329. The van der Waals surface area contributed by atoms with E-state index in [9.17, 15) is 4.79 Å². The summed E-state index contributed by atoms with van der Waals surface area (Å²) in [5.41, 5.74) is 3.50. The van der Waals surface area contributed by atoms with Crippen LogP contribution in [0, 0.1) is 13.8 Å². The molecule has 2 aromatic rings. The van der Waals surface area contributed by atoms with Crippen molar-refractivity contribution in [3.8, 4) is 5.69 Å². The summed E-state index contributed by atoms with van der Waals surface area (Å²) in [5.74, 6) is 0.408. The lowest BCUT2D eigenvalue weighted by atomic mass is 10.1. The Bertz CT molecular complexity index is 634. The second-order valence-electron chi connectivity index (χ2n) is 5.38. The molecule has 0 aliphatic heterocycles. The number of aromatic nitrogens is 2. The van der Waals surface area contributed by atoms with Gasteiger partial charge in [-0.25, -0.2) is 4.98 Å². The number of hydrogen-bond acceptors (Lipinski definition) is 3. The molecule has 5 heteroatoms. The number of hydrogen-bond donors (Lipinski definition) is 1. The SMILES string of the molecule is Cc1ccc(C)c(-n2ccnc2SCC(=O)NC(C)C)c1. The molecule has 1 N–H and O–H groups in total. The van der Waals surface area contributed by atoms with Crippen LogP contribution < -0.4 is 5.32 Å². The van der Waals surface area contributed by atoms with Crippen LogP contribution in [0.5, 0.6) is 0 Å². The maximum Gasteiger partial charge on any atom is 0.230 e. The Morgan fingerprint density at radius 2 is 2.14 bits per heavy atom. The normalized spacial score (nSPS) is 10.9. The summed E-state index contributed by atoms with van der Waals surface area (Å²) < 4.78 is 2.04. The van der Waals surface area contributed by atoms with E-state index in [1.807, 2.05) is 24.6 Å². The fraction of sp³-hybridized carbons (Fsp3) is 0.375. The Balaban J connectivity index is 2.15. The van der Waals surface area contributed by atoms with Gasteiger partial charge in [-0.2, -0.15) is 0 Å². The first-order valence-electron chi connectivity index (χ1n) is 7.00. The molecule has 1 heterocycles. The molecule has 0 aliphatic carbocycles. The minimum Gasteiger partial charge on any atom is -0.353 e. The van der Waals surface area contributed by atoms with E-state index in [1.54, 1.807) is 6.20 Å². The number of carbonyl (C=O) groups is 1. The molecule has 1 aromatic heterocycles. The Kier molecular flexibility index (Phi) is 5.07. The topological polar surface area (TPSA) is 46.9 Å². The first-order valence-corrected chi connectivity index (χ1v) is 7.99. The van der Waals surface area contributed by atoms with Crippen LogP contribution in [0.3, 0.4) is 0 Å². The van der Waals surface area contributed by atoms with Crippen LogP contribution in [0.15, 0.2) is 35.7 Å². The quantitative estimate of drug-likeness (QED) is 0.863. The number of benzene rings is 1. The van der Waals surface area contributed by atoms with Gasteiger partial charge in [-0.3, -0.25) is 9.36 Å². The van der Waals surface area contributed by atoms with Crippen molar-refractivity contribution in [1.29, 1.82) is 0 Å². The van der Waals surface area contributed by atoms with Gasteiger partial charge in [-0.05, 0) is 44.9 Å². The number of imidazole rings is 1. The average Bonchev–Trinajstić information content (AvgIpc) is 2.86. The smallest absolute Gasteiger partial charge is 0.230 e. The Morgan fingerprint density at radius 1 is 1.38 bits per heavy atom. The van der Waals surface area contributed by atoms with Crippen molar-refractivity contribution in [2.24, 2.45) is 0 Å². The van der Waals surface area contributed by atoms with Crippen molar-refractivity contribution in [3.05, 3.63) is 41.7 Å². The molecule has 4 nitrogen and oxygen atoms in total. The average molecular weight is 303 g/mol. The molecule has 0 spiro atoms. The highest BCUT2D eigenvalue weighted by Gasteiger charge is 2.11. The lowest BCUT2D eigenvalue weighted by Gasteiger charge is -2.12. The Morgan fingerprint density at radius 3 is 2.86 bits per heavy atom. The van der Waals surface area contributed by atoms with Crippen molar-refractivity contribution in [1.82, 2.24) is 14.9 Å². The largest absolute Gasteiger partial charge is 0.353 e. The fourth-order valence-corrected chi connectivity index (χ4v) is 2.83.